The third kappa shape index (κ3) is 4.40. The zero-order valence-corrected chi connectivity index (χ0v) is 19.4. The number of fused-ring (bicyclic) bond motifs is 1. The quantitative estimate of drug-likeness (QED) is 0.264. The molecule has 2 aromatic heterocycles. The summed E-state index contributed by atoms with van der Waals surface area (Å²) in [5, 5.41) is 6.49. The molecule has 0 atom stereocenters. The van der Waals surface area contributed by atoms with E-state index in [2.05, 4.69) is 10.3 Å². The minimum atomic E-state index is -0.224. The predicted octanol–water partition coefficient (Wildman–Crippen LogP) is 7.20. The molecule has 0 aliphatic rings. The lowest BCUT2D eigenvalue weighted by atomic mass is 10.2. The van der Waals surface area contributed by atoms with E-state index in [0.29, 0.717) is 22.7 Å². The molecular weight excluding hydrogens is 445 g/mol. The summed E-state index contributed by atoms with van der Waals surface area (Å²) in [5.74, 6) is -0.414. The van der Waals surface area contributed by atoms with Crippen molar-refractivity contribution in [1.82, 2.24) is 4.57 Å². The fourth-order valence-electron chi connectivity index (χ4n) is 3.92. The van der Waals surface area contributed by atoms with E-state index in [9.17, 15) is 9.18 Å². The van der Waals surface area contributed by atoms with E-state index >= 15 is 0 Å². The molecule has 5 aromatic rings. The maximum absolute atomic E-state index is 14.2. The van der Waals surface area contributed by atoms with Crippen LogP contribution in [0.15, 0.2) is 95.4 Å². The average molecular weight is 468 g/mol. The standard InChI is InChI=1S/C28H22FN3OS/c1-19-8-2-6-12-25(19)31-27(33)23-14-15-34-28(23)30-16-21-18-32(26-13-7-4-10-22(21)26)17-20-9-3-5-11-24(20)29/h2-16,18H,17H2,1H3,(H,31,33). The number of nitrogens with one attached hydrogen (secondary N) is 1. The number of aromatic nitrogens is 1. The molecule has 0 saturated heterocycles. The third-order valence-corrected chi connectivity index (χ3v) is 6.54. The molecule has 0 bridgehead atoms. The largest absolute Gasteiger partial charge is 0.342 e. The molecular formula is C28H22FN3OS. The Hall–Kier alpha value is -4.03. The lowest BCUT2D eigenvalue weighted by molar-refractivity contribution is 0.102. The van der Waals surface area contributed by atoms with Gasteiger partial charge in [-0.1, -0.05) is 54.6 Å². The topological polar surface area (TPSA) is 46.4 Å². The second-order valence-electron chi connectivity index (χ2n) is 7.99. The SMILES string of the molecule is Cc1ccccc1NC(=O)c1ccsc1N=Cc1cn(Cc2ccccc2F)c2ccccc12. The summed E-state index contributed by atoms with van der Waals surface area (Å²) in [6.45, 7) is 2.38. The monoisotopic (exact) mass is 467 g/mol. The van der Waals surface area contributed by atoms with Crippen LogP contribution in [-0.4, -0.2) is 16.7 Å². The summed E-state index contributed by atoms with van der Waals surface area (Å²) in [5.41, 5.74) is 4.84. The number of hydrogen-bond donors (Lipinski definition) is 1. The maximum Gasteiger partial charge on any atom is 0.258 e. The number of anilines is 1. The van der Waals surface area contributed by atoms with E-state index in [0.717, 1.165) is 27.7 Å². The van der Waals surface area contributed by atoms with Gasteiger partial charge in [0.05, 0.1) is 12.1 Å². The number of para-hydroxylation sites is 2. The normalized spacial score (nSPS) is 11.4. The Labute approximate surface area is 201 Å². The van der Waals surface area contributed by atoms with E-state index in [1.54, 1.807) is 24.4 Å². The van der Waals surface area contributed by atoms with Crippen molar-refractivity contribution in [3.05, 3.63) is 119 Å². The van der Waals surface area contributed by atoms with E-state index in [1.807, 2.05) is 77.7 Å². The molecule has 4 nitrogen and oxygen atoms in total. The molecule has 0 aliphatic carbocycles. The van der Waals surface area contributed by atoms with Gasteiger partial charge >= 0.3 is 0 Å². The number of carbonyl (C=O) groups is 1. The Morgan fingerprint density at radius 1 is 1.03 bits per heavy atom. The fraction of sp³-hybridized carbons (Fsp3) is 0.0714. The Bertz CT molecular complexity index is 1520. The number of nitrogens with zero attached hydrogens (tertiary/aromatic N) is 2. The van der Waals surface area contributed by atoms with Gasteiger partial charge in [0.25, 0.3) is 5.91 Å². The van der Waals surface area contributed by atoms with Gasteiger partial charge in [-0.3, -0.25) is 4.79 Å². The Kier molecular flexibility index (Phi) is 6.06. The predicted molar refractivity (Wildman–Crippen MR) is 138 cm³/mol. The second-order valence-corrected chi connectivity index (χ2v) is 8.88. The number of hydrogen-bond acceptors (Lipinski definition) is 3. The van der Waals surface area contributed by atoms with Gasteiger partial charge in [-0.2, -0.15) is 0 Å². The van der Waals surface area contributed by atoms with Crippen molar-refractivity contribution in [3.8, 4) is 0 Å². The van der Waals surface area contributed by atoms with Crippen molar-refractivity contribution in [2.45, 2.75) is 13.5 Å². The van der Waals surface area contributed by atoms with Gasteiger partial charge in [0, 0.05) is 40.1 Å². The zero-order chi connectivity index (χ0) is 23.5. The van der Waals surface area contributed by atoms with Gasteiger partial charge in [-0.15, -0.1) is 11.3 Å². The minimum absolute atomic E-state index is 0.190. The van der Waals surface area contributed by atoms with Crippen LogP contribution in [0.25, 0.3) is 10.9 Å². The smallest absolute Gasteiger partial charge is 0.258 e. The first-order valence-electron chi connectivity index (χ1n) is 10.9. The second kappa shape index (κ2) is 9.45. The van der Waals surface area contributed by atoms with Crippen LogP contribution >= 0.6 is 11.3 Å². The molecule has 1 N–H and O–H groups in total. The van der Waals surface area contributed by atoms with Crippen LogP contribution in [0.1, 0.15) is 27.0 Å². The first-order valence-corrected chi connectivity index (χ1v) is 11.8. The highest BCUT2D eigenvalue weighted by molar-refractivity contribution is 7.14. The Morgan fingerprint density at radius 2 is 1.79 bits per heavy atom. The third-order valence-electron chi connectivity index (χ3n) is 5.72. The van der Waals surface area contributed by atoms with Gasteiger partial charge in [0.1, 0.15) is 10.8 Å². The summed E-state index contributed by atoms with van der Waals surface area (Å²) in [7, 11) is 0. The van der Waals surface area contributed by atoms with Crippen molar-refractivity contribution in [2.75, 3.05) is 5.32 Å². The Morgan fingerprint density at radius 3 is 2.65 bits per heavy atom. The van der Waals surface area contributed by atoms with Crippen LogP contribution < -0.4 is 5.32 Å². The molecule has 0 fully saturated rings. The summed E-state index contributed by atoms with van der Waals surface area (Å²) < 4.78 is 16.3. The van der Waals surface area contributed by atoms with E-state index in [1.165, 1.54) is 17.4 Å². The van der Waals surface area contributed by atoms with Crippen LogP contribution in [0.5, 0.6) is 0 Å². The molecule has 0 aliphatic heterocycles. The van der Waals surface area contributed by atoms with E-state index in [4.69, 9.17) is 0 Å². The van der Waals surface area contributed by atoms with Crippen molar-refractivity contribution < 1.29 is 9.18 Å². The minimum Gasteiger partial charge on any atom is -0.342 e. The molecule has 0 saturated carbocycles. The highest BCUT2D eigenvalue weighted by Gasteiger charge is 2.14. The molecule has 6 heteroatoms. The van der Waals surface area contributed by atoms with E-state index in [-0.39, 0.29) is 11.7 Å². The van der Waals surface area contributed by atoms with Crippen LogP contribution in [0.4, 0.5) is 15.1 Å². The maximum atomic E-state index is 14.2. The van der Waals surface area contributed by atoms with Gasteiger partial charge in [-0.05, 0) is 42.1 Å². The zero-order valence-electron chi connectivity index (χ0n) is 18.5. The first-order chi connectivity index (χ1) is 16.6. The number of aryl methyl sites for hydroxylation is 1. The highest BCUT2D eigenvalue weighted by atomic mass is 32.1. The fourth-order valence-corrected chi connectivity index (χ4v) is 4.66. The summed E-state index contributed by atoms with van der Waals surface area (Å²) in [4.78, 5) is 17.5. The Balaban J connectivity index is 1.44. The van der Waals surface area contributed by atoms with Gasteiger partial charge in [0.15, 0.2) is 0 Å². The van der Waals surface area contributed by atoms with Crippen LogP contribution in [0.2, 0.25) is 0 Å². The average Bonchev–Trinajstić information content (AvgIpc) is 3.46. The van der Waals surface area contributed by atoms with E-state index < -0.39 is 0 Å². The van der Waals surface area contributed by atoms with Crippen molar-refractivity contribution in [3.63, 3.8) is 0 Å². The molecule has 0 unspecified atom stereocenters. The van der Waals surface area contributed by atoms with Crippen LogP contribution in [0.3, 0.4) is 0 Å². The number of carbonyl (C=O) groups excluding carboxylic acids is 1. The number of rotatable bonds is 6. The first kappa shape index (κ1) is 21.8. The molecule has 3 aromatic carbocycles. The number of thiophene rings is 1. The highest BCUT2D eigenvalue weighted by Crippen LogP contribution is 2.29. The number of halogens is 1. The van der Waals surface area contributed by atoms with Crippen LogP contribution in [-0.2, 0) is 6.54 Å². The molecule has 0 radical (unpaired) electrons. The molecule has 168 valence electrons. The lowest BCUT2D eigenvalue weighted by Gasteiger charge is -2.07. The summed E-state index contributed by atoms with van der Waals surface area (Å²) >= 11 is 1.41. The van der Waals surface area contributed by atoms with Crippen molar-refractivity contribution >= 4 is 45.0 Å². The van der Waals surface area contributed by atoms with Gasteiger partial charge in [0.2, 0.25) is 0 Å². The molecule has 1 amide bonds. The van der Waals surface area contributed by atoms with Gasteiger partial charge < -0.3 is 9.88 Å². The van der Waals surface area contributed by atoms with Crippen molar-refractivity contribution in [2.24, 2.45) is 4.99 Å². The molecule has 34 heavy (non-hydrogen) atoms. The molecule has 0 spiro atoms. The van der Waals surface area contributed by atoms with Gasteiger partial charge in [-0.25, -0.2) is 9.38 Å². The summed E-state index contributed by atoms with van der Waals surface area (Å²) in [6, 6.07) is 24.2. The number of benzene rings is 3. The lowest BCUT2D eigenvalue weighted by Crippen LogP contribution is -2.11. The number of aliphatic imine (C=N–C) groups is 1. The molecule has 5 rings (SSSR count). The van der Waals surface area contributed by atoms with Crippen molar-refractivity contribution in [1.29, 1.82) is 0 Å². The summed E-state index contributed by atoms with van der Waals surface area (Å²) in [6.07, 6.45) is 3.75. The number of amides is 1. The molecule has 2 heterocycles. The van der Waals surface area contributed by atoms with Crippen LogP contribution in [0, 0.1) is 12.7 Å².